The van der Waals surface area contributed by atoms with Crippen molar-refractivity contribution in [1.29, 1.82) is 0 Å². The third-order valence-electron chi connectivity index (χ3n) is 4.19. The van der Waals surface area contributed by atoms with E-state index in [1.165, 1.54) is 11.8 Å². The van der Waals surface area contributed by atoms with E-state index in [-0.39, 0.29) is 11.5 Å². The van der Waals surface area contributed by atoms with Crippen molar-refractivity contribution in [3.63, 3.8) is 0 Å². The van der Waals surface area contributed by atoms with Crippen LogP contribution in [0.2, 0.25) is 0 Å². The van der Waals surface area contributed by atoms with E-state index in [1.54, 1.807) is 26.4 Å². The number of carbonyl (C=O) groups is 1. The fourth-order valence-corrected chi connectivity index (χ4v) is 3.39. The second-order valence-corrected chi connectivity index (χ2v) is 7.13. The predicted molar refractivity (Wildman–Crippen MR) is 112 cm³/mol. The quantitative estimate of drug-likeness (QED) is 0.416. The number of nitrogens with zero attached hydrogens (tertiary/aromatic N) is 2. The Morgan fingerprint density at radius 2 is 1.76 bits per heavy atom. The number of H-pyrrole nitrogens is 1. The van der Waals surface area contributed by atoms with Gasteiger partial charge in [0.2, 0.25) is 10.9 Å². The molecule has 7 nitrogen and oxygen atoms in total. The minimum Gasteiger partial charge on any atom is -0.493 e. The normalized spacial score (nSPS) is 10.6. The van der Waals surface area contributed by atoms with Crippen molar-refractivity contribution in [2.45, 2.75) is 19.0 Å². The number of ether oxygens (including phenoxy) is 3. The summed E-state index contributed by atoms with van der Waals surface area (Å²) in [5.74, 6) is 2.47. The predicted octanol–water partition coefficient (Wildman–Crippen LogP) is 4.17. The second-order valence-electron chi connectivity index (χ2n) is 6.19. The van der Waals surface area contributed by atoms with Crippen molar-refractivity contribution < 1.29 is 19.0 Å². The molecule has 3 aromatic rings. The third kappa shape index (κ3) is 4.89. The number of nitrogens with one attached hydrogen (secondary N) is 1. The summed E-state index contributed by atoms with van der Waals surface area (Å²) >= 11 is 1.28. The number of aryl methyl sites for hydroxylation is 1. The summed E-state index contributed by atoms with van der Waals surface area (Å²) in [6.45, 7) is 4.37. The maximum atomic E-state index is 12.3. The van der Waals surface area contributed by atoms with Crippen LogP contribution >= 0.6 is 11.8 Å². The Morgan fingerprint density at radius 1 is 1.10 bits per heavy atom. The molecule has 1 N–H and O–H groups in total. The van der Waals surface area contributed by atoms with Crippen molar-refractivity contribution in [2.24, 2.45) is 0 Å². The van der Waals surface area contributed by atoms with E-state index in [1.807, 2.05) is 38.1 Å². The van der Waals surface area contributed by atoms with Gasteiger partial charge in [-0.2, -0.15) is 0 Å². The molecular formula is C21H23N3O4S. The lowest BCUT2D eigenvalue weighted by Gasteiger charge is -2.14. The van der Waals surface area contributed by atoms with Crippen LogP contribution in [-0.4, -0.2) is 47.5 Å². The fourth-order valence-electron chi connectivity index (χ4n) is 2.70. The van der Waals surface area contributed by atoms with Crippen molar-refractivity contribution in [1.82, 2.24) is 15.2 Å². The largest absolute Gasteiger partial charge is 0.493 e. The number of ketones is 1. The Labute approximate surface area is 173 Å². The van der Waals surface area contributed by atoms with Crippen LogP contribution in [0.3, 0.4) is 0 Å². The molecule has 0 saturated carbocycles. The number of aromatic amines is 1. The van der Waals surface area contributed by atoms with Gasteiger partial charge in [-0.05, 0) is 26.0 Å². The van der Waals surface area contributed by atoms with Crippen LogP contribution < -0.4 is 14.2 Å². The van der Waals surface area contributed by atoms with Crippen molar-refractivity contribution in [3.05, 3.63) is 47.5 Å². The van der Waals surface area contributed by atoms with Gasteiger partial charge in [0, 0.05) is 11.1 Å². The van der Waals surface area contributed by atoms with Crippen LogP contribution in [0.25, 0.3) is 11.4 Å². The number of hydrogen-bond donors (Lipinski definition) is 1. The number of methoxy groups -OCH3 is 2. The molecule has 29 heavy (non-hydrogen) atoms. The first-order valence-corrected chi connectivity index (χ1v) is 10.1. The van der Waals surface area contributed by atoms with E-state index in [0.717, 1.165) is 11.1 Å². The Kier molecular flexibility index (Phi) is 6.77. The molecule has 0 fully saturated rings. The highest BCUT2D eigenvalue weighted by Gasteiger charge is 2.17. The smallest absolute Gasteiger partial charge is 0.209 e. The number of Topliss-reactive ketones (excluding diaryl/α,β-unsaturated/α-hetero) is 1. The van der Waals surface area contributed by atoms with Gasteiger partial charge in [-0.1, -0.05) is 41.6 Å². The summed E-state index contributed by atoms with van der Waals surface area (Å²) < 4.78 is 16.5. The van der Waals surface area contributed by atoms with Gasteiger partial charge >= 0.3 is 0 Å². The first kappa shape index (κ1) is 20.7. The number of carbonyl (C=O) groups excluding carboxylic acids is 1. The maximum Gasteiger partial charge on any atom is 0.209 e. The zero-order valence-corrected chi connectivity index (χ0v) is 17.6. The Bertz CT molecular complexity index is 961. The number of hydrogen-bond acceptors (Lipinski definition) is 7. The number of benzene rings is 2. The lowest BCUT2D eigenvalue weighted by atomic mass is 10.1. The monoisotopic (exact) mass is 413 g/mol. The standard InChI is InChI=1S/C21H23N3O4S/c1-5-28-19-17(26-3)10-15(11-18(19)27-4)20-22-21(24-23-20)29-12-16(25)14-8-6-13(2)7-9-14/h6-11H,5,12H2,1-4H3,(H,22,23,24). The Balaban J connectivity index is 1.75. The van der Waals surface area contributed by atoms with E-state index in [4.69, 9.17) is 14.2 Å². The highest BCUT2D eigenvalue weighted by atomic mass is 32.2. The molecule has 152 valence electrons. The summed E-state index contributed by atoms with van der Waals surface area (Å²) in [5.41, 5.74) is 2.54. The van der Waals surface area contributed by atoms with Crippen molar-refractivity contribution >= 4 is 17.5 Å². The first-order chi connectivity index (χ1) is 14.0. The second kappa shape index (κ2) is 9.47. The number of thioether (sulfide) groups is 1. The molecular weight excluding hydrogens is 390 g/mol. The molecule has 0 bridgehead atoms. The highest BCUT2D eigenvalue weighted by molar-refractivity contribution is 7.99. The molecule has 3 rings (SSSR count). The molecule has 1 heterocycles. The summed E-state index contributed by atoms with van der Waals surface area (Å²) in [5, 5.41) is 7.60. The summed E-state index contributed by atoms with van der Waals surface area (Å²) in [6, 6.07) is 11.1. The Morgan fingerprint density at radius 3 is 2.34 bits per heavy atom. The number of rotatable bonds is 9. The Hall–Kier alpha value is -3.00. The van der Waals surface area contributed by atoms with Crippen LogP contribution in [0, 0.1) is 6.92 Å². The van der Waals surface area contributed by atoms with Crippen LogP contribution in [0.1, 0.15) is 22.8 Å². The van der Waals surface area contributed by atoms with Gasteiger partial charge in [0.15, 0.2) is 23.1 Å². The van der Waals surface area contributed by atoms with E-state index in [0.29, 0.717) is 40.4 Å². The van der Waals surface area contributed by atoms with Gasteiger partial charge in [0.05, 0.1) is 26.6 Å². The molecule has 0 aliphatic carbocycles. The van der Waals surface area contributed by atoms with Gasteiger partial charge in [0.25, 0.3) is 0 Å². The average molecular weight is 413 g/mol. The summed E-state index contributed by atoms with van der Waals surface area (Å²) in [4.78, 5) is 16.8. The summed E-state index contributed by atoms with van der Waals surface area (Å²) in [6.07, 6.45) is 0. The minimum absolute atomic E-state index is 0.0331. The van der Waals surface area contributed by atoms with Crippen molar-refractivity contribution in [3.8, 4) is 28.6 Å². The van der Waals surface area contributed by atoms with Gasteiger partial charge in [0.1, 0.15) is 0 Å². The lowest BCUT2D eigenvalue weighted by Crippen LogP contribution is -2.02. The van der Waals surface area contributed by atoms with E-state index in [2.05, 4.69) is 15.2 Å². The fraction of sp³-hybridized carbons (Fsp3) is 0.286. The molecule has 1 aromatic heterocycles. The van der Waals surface area contributed by atoms with Crippen LogP contribution in [0.4, 0.5) is 0 Å². The van der Waals surface area contributed by atoms with Crippen LogP contribution in [0.15, 0.2) is 41.6 Å². The van der Waals surface area contributed by atoms with E-state index in [9.17, 15) is 4.79 Å². The topological polar surface area (TPSA) is 86.3 Å². The first-order valence-electron chi connectivity index (χ1n) is 9.10. The highest BCUT2D eigenvalue weighted by Crippen LogP contribution is 2.41. The lowest BCUT2D eigenvalue weighted by molar-refractivity contribution is 0.102. The van der Waals surface area contributed by atoms with Gasteiger partial charge < -0.3 is 14.2 Å². The van der Waals surface area contributed by atoms with Crippen LogP contribution in [-0.2, 0) is 0 Å². The van der Waals surface area contributed by atoms with Gasteiger partial charge in [-0.15, -0.1) is 5.10 Å². The summed E-state index contributed by atoms with van der Waals surface area (Å²) in [7, 11) is 3.14. The zero-order valence-electron chi connectivity index (χ0n) is 16.8. The van der Waals surface area contributed by atoms with Crippen LogP contribution in [0.5, 0.6) is 17.2 Å². The minimum atomic E-state index is 0.0331. The average Bonchev–Trinajstić information content (AvgIpc) is 3.22. The van der Waals surface area contributed by atoms with Crippen molar-refractivity contribution in [2.75, 3.05) is 26.6 Å². The molecule has 0 aliphatic heterocycles. The molecule has 0 unspecified atom stereocenters. The maximum absolute atomic E-state index is 12.3. The zero-order chi connectivity index (χ0) is 20.8. The SMILES string of the molecule is CCOc1c(OC)cc(-c2nc(SCC(=O)c3ccc(C)cc3)n[nH]2)cc1OC. The number of aromatic nitrogens is 3. The van der Waals surface area contributed by atoms with E-state index >= 15 is 0 Å². The van der Waals surface area contributed by atoms with Gasteiger partial charge in [-0.25, -0.2) is 4.98 Å². The third-order valence-corrected chi connectivity index (χ3v) is 5.04. The van der Waals surface area contributed by atoms with E-state index < -0.39 is 0 Å². The van der Waals surface area contributed by atoms with Gasteiger partial charge in [-0.3, -0.25) is 9.89 Å². The molecule has 0 amide bonds. The molecule has 0 aliphatic rings. The molecule has 2 aromatic carbocycles. The molecule has 0 atom stereocenters. The molecule has 8 heteroatoms. The molecule has 0 saturated heterocycles. The molecule has 0 spiro atoms. The molecule has 0 radical (unpaired) electrons.